The van der Waals surface area contributed by atoms with E-state index in [-0.39, 0.29) is 29.5 Å². The predicted molar refractivity (Wildman–Crippen MR) is 215 cm³/mol. The molecule has 1 aliphatic carbocycles. The number of hydrogen-bond acceptors (Lipinski definition) is 12. The van der Waals surface area contributed by atoms with Crippen LogP contribution in [0, 0.1) is 11.3 Å². The van der Waals surface area contributed by atoms with Crippen molar-refractivity contribution >= 4 is 28.7 Å². The Labute approximate surface area is 332 Å². The number of aliphatic hydroxyl groups excluding tert-OH is 1. The van der Waals surface area contributed by atoms with E-state index in [0.29, 0.717) is 53.9 Å². The molecule has 4 aliphatic heterocycles. The highest BCUT2D eigenvalue weighted by Gasteiger charge is 2.54. The molecule has 3 unspecified atom stereocenters. The second-order valence-electron chi connectivity index (χ2n) is 17.7. The van der Waals surface area contributed by atoms with E-state index in [4.69, 9.17) is 14.5 Å². The Hall–Kier alpha value is -5.08. The number of para-hydroxylation sites is 1. The molecule has 14 nitrogen and oxygen atoms in total. The molecule has 5 aliphatic rings. The number of aromatic amines is 1. The van der Waals surface area contributed by atoms with Gasteiger partial charge in [0.05, 0.1) is 17.8 Å². The molecule has 1 spiro atoms. The summed E-state index contributed by atoms with van der Waals surface area (Å²) >= 11 is 0. The number of nitrogens with one attached hydrogen (secondary N) is 1. The van der Waals surface area contributed by atoms with Gasteiger partial charge in [0.1, 0.15) is 11.7 Å². The number of carbonyl (C=O) groups excluding carboxylic acids is 1. The molecule has 4 fully saturated rings. The van der Waals surface area contributed by atoms with Gasteiger partial charge in [0.25, 0.3) is 0 Å². The molecule has 3 atom stereocenters. The summed E-state index contributed by atoms with van der Waals surface area (Å²) < 4.78 is 5.79. The summed E-state index contributed by atoms with van der Waals surface area (Å²) in [6, 6.07) is 11.9. The lowest BCUT2D eigenvalue weighted by Gasteiger charge is -2.61. The van der Waals surface area contributed by atoms with E-state index in [1.54, 1.807) is 17.0 Å². The van der Waals surface area contributed by atoms with E-state index in [9.17, 15) is 15.0 Å². The Morgan fingerprint density at radius 2 is 1.77 bits per heavy atom. The summed E-state index contributed by atoms with van der Waals surface area (Å²) in [5, 5.41) is 34.7. The van der Waals surface area contributed by atoms with Crippen LogP contribution in [0.5, 0.6) is 5.75 Å². The lowest BCUT2D eigenvalue weighted by Crippen LogP contribution is -2.67. The lowest BCUT2D eigenvalue weighted by atomic mass is 9.60. The minimum absolute atomic E-state index is 0.0233. The first-order chi connectivity index (χ1) is 27.6. The van der Waals surface area contributed by atoms with Crippen LogP contribution in [-0.4, -0.2) is 114 Å². The largest absolute Gasteiger partial charge is 0.507 e. The number of aromatic hydroxyl groups is 1. The number of hydrogen-bond donors (Lipinski definition) is 3. The molecule has 0 radical (unpaired) electrons. The number of aromatic nitrogens is 6. The molecule has 4 aromatic heterocycles. The maximum Gasteiger partial charge on any atom is 0.233 e. The van der Waals surface area contributed by atoms with Crippen molar-refractivity contribution in [3.63, 3.8) is 0 Å². The molecule has 5 aromatic rings. The van der Waals surface area contributed by atoms with Gasteiger partial charge in [-0.1, -0.05) is 31.1 Å². The monoisotopic (exact) mass is 772 g/mol. The van der Waals surface area contributed by atoms with Crippen LogP contribution in [0.15, 0.2) is 53.3 Å². The van der Waals surface area contributed by atoms with Crippen LogP contribution in [0.1, 0.15) is 93.3 Å². The summed E-state index contributed by atoms with van der Waals surface area (Å²) in [5.74, 6) is 2.58. The van der Waals surface area contributed by atoms with Crippen LogP contribution >= 0.6 is 0 Å². The fourth-order valence-electron chi connectivity index (χ4n) is 10.5. The Morgan fingerprint density at radius 1 is 1.00 bits per heavy atom. The smallest absolute Gasteiger partial charge is 0.233 e. The molecule has 3 N–H and O–H groups in total. The standard InChI is InChI=1S/C43H52N10O4/c1-25(2)38(41(56)51-14-10-30(54)22-51)36-17-37(49-57-36)52-23-43(24-52)18-29(19-43)50-12-8-27(9-13-50)28-20-44-42(45-21-28)53-15-11-33-39(26(53)3)32-16-34(47-48-40(32)46-33)31-6-4-5-7-35(31)55/h4-7,16-17,20-21,25-27,29-30,38,54-55H,8-15,18-19,22-24H2,1-3H3,(H,46,48). The first kappa shape index (κ1) is 36.3. The van der Waals surface area contributed by atoms with Gasteiger partial charge >= 0.3 is 0 Å². The van der Waals surface area contributed by atoms with E-state index in [1.807, 2.05) is 38.1 Å². The van der Waals surface area contributed by atoms with E-state index in [1.165, 1.54) is 29.7 Å². The number of nitrogens with zero attached hydrogens (tertiary/aromatic N) is 9. The Bertz CT molecular complexity index is 2270. The number of piperidine rings is 1. The second-order valence-corrected chi connectivity index (χ2v) is 17.7. The summed E-state index contributed by atoms with van der Waals surface area (Å²) in [4.78, 5) is 35.7. The number of β-amino-alcohol motifs (C(OH)–C–C–N with tert-alkyl or cyclic N) is 1. The van der Waals surface area contributed by atoms with Gasteiger partial charge in [-0.15, -0.1) is 10.2 Å². The van der Waals surface area contributed by atoms with E-state index < -0.39 is 6.10 Å². The van der Waals surface area contributed by atoms with Crippen LogP contribution in [0.4, 0.5) is 11.8 Å². The first-order valence-corrected chi connectivity index (χ1v) is 20.8. The Balaban J connectivity index is 0.722. The number of fused-ring (bicyclic) bond motifs is 3. The number of aliphatic hydroxyl groups is 1. The highest BCUT2D eigenvalue weighted by atomic mass is 16.5. The number of phenols is 1. The lowest BCUT2D eigenvalue weighted by molar-refractivity contribution is -0.133. The number of H-pyrrole nitrogens is 1. The molecule has 14 heteroatoms. The summed E-state index contributed by atoms with van der Waals surface area (Å²) in [6.07, 6.45) is 9.80. The molecule has 0 bridgehead atoms. The van der Waals surface area contributed by atoms with Crippen molar-refractivity contribution in [2.75, 3.05) is 55.6 Å². The third kappa shape index (κ3) is 6.41. The number of phenolic OH excluding ortho intramolecular Hbond substituents is 1. The van der Waals surface area contributed by atoms with E-state index in [0.717, 1.165) is 74.8 Å². The Morgan fingerprint density at radius 3 is 2.49 bits per heavy atom. The number of likely N-dealkylation sites (tertiary alicyclic amines) is 2. The molecular weight excluding hydrogens is 721 g/mol. The number of amides is 1. The SMILES string of the molecule is CC(C)C(C(=O)N1CCC(O)C1)c1cc(N2CC3(CC(N4CCC(c5cnc(N6CCc7[nH]c8nnc(-c9ccccc9O)cc8c7C6C)nc5)CC4)C3)C2)no1. The van der Waals surface area contributed by atoms with Crippen LogP contribution in [0.25, 0.3) is 22.3 Å². The molecule has 10 rings (SSSR count). The van der Waals surface area contributed by atoms with Crippen LogP contribution in [0.3, 0.4) is 0 Å². The van der Waals surface area contributed by atoms with Crippen molar-refractivity contribution in [1.29, 1.82) is 0 Å². The minimum atomic E-state index is -0.437. The second kappa shape index (κ2) is 14.1. The molecular formula is C43H52N10O4. The van der Waals surface area contributed by atoms with Crippen LogP contribution in [-0.2, 0) is 11.2 Å². The number of rotatable bonds is 8. The maximum absolute atomic E-state index is 13.3. The Kier molecular flexibility index (Phi) is 8.96. The highest BCUT2D eigenvalue weighted by molar-refractivity contribution is 5.86. The fourth-order valence-corrected chi connectivity index (χ4v) is 10.5. The van der Waals surface area contributed by atoms with Gasteiger partial charge in [-0.2, -0.15) is 0 Å². The van der Waals surface area contributed by atoms with Gasteiger partial charge in [0.2, 0.25) is 11.9 Å². The van der Waals surface area contributed by atoms with Gasteiger partial charge in [-0.25, -0.2) is 9.97 Å². The van der Waals surface area contributed by atoms with Crippen molar-refractivity contribution in [3.05, 3.63) is 71.4 Å². The highest BCUT2D eigenvalue weighted by Crippen LogP contribution is 2.52. The minimum Gasteiger partial charge on any atom is -0.507 e. The summed E-state index contributed by atoms with van der Waals surface area (Å²) in [7, 11) is 0. The van der Waals surface area contributed by atoms with Gasteiger partial charge in [0.15, 0.2) is 17.2 Å². The molecule has 1 saturated carbocycles. The van der Waals surface area contributed by atoms with Crippen molar-refractivity contribution < 1.29 is 19.5 Å². The van der Waals surface area contributed by atoms with Crippen molar-refractivity contribution in [3.8, 4) is 17.0 Å². The van der Waals surface area contributed by atoms with Crippen molar-refractivity contribution in [1.82, 2.24) is 40.1 Å². The average molecular weight is 773 g/mol. The third-order valence-electron chi connectivity index (χ3n) is 13.7. The van der Waals surface area contributed by atoms with Gasteiger partial charge in [-0.3, -0.25) is 4.79 Å². The van der Waals surface area contributed by atoms with Crippen molar-refractivity contribution in [2.24, 2.45) is 11.3 Å². The quantitative estimate of drug-likeness (QED) is 0.184. The molecule has 8 heterocycles. The molecule has 57 heavy (non-hydrogen) atoms. The van der Waals surface area contributed by atoms with Crippen LogP contribution < -0.4 is 9.80 Å². The van der Waals surface area contributed by atoms with Crippen molar-refractivity contribution in [2.45, 2.75) is 89.3 Å². The number of anilines is 2. The average Bonchev–Trinajstić information content (AvgIpc) is 3.93. The zero-order valence-electron chi connectivity index (χ0n) is 33.0. The molecule has 3 saturated heterocycles. The van der Waals surface area contributed by atoms with Gasteiger partial charge in [0, 0.05) is 91.3 Å². The van der Waals surface area contributed by atoms with E-state index >= 15 is 0 Å². The van der Waals surface area contributed by atoms with E-state index in [2.05, 4.69) is 54.4 Å². The van der Waals surface area contributed by atoms with Crippen LogP contribution in [0.2, 0.25) is 0 Å². The fraction of sp³-hybridized carbons (Fsp3) is 0.535. The third-order valence-corrected chi connectivity index (χ3v) is 13.7. The number of benzene rings is 1. The zero-order chi connectivity index (χ0) is 39.0. The molecule has 1 aromatic carbocycles. The number of carbonyl (C=O) groups is 1. The normalized spacial score (nSPS) is 23.3. The van der Waals surface area contributed by atoms with Gasteiger partial charge < -0.3 is 39.3 Å². The zero-order valence-corrected chi connectivity index (χ0v) is 33.0. The topological polar surface area (TPSA) is 164 Å². The predicted octanol–water partition coefficient (Wildman–Crippen LogP) is 5.41. The molecule has 298 valence electrons. The van der Waals surface area contributed by atoms with Gasteiger partial charge in [-0.05, 0) is 87.7 Å². The summed E-state index contributed by atoms with van der Waals surface area (Å²) in [5.41, 5.74) is 6.00. The first-order valence-electron chi connectivity index (χ1n) is 20.8. The maximum atomic E-state index is 13.3. The summed E-state index contributed by atoms with van der Waals surface area (Å²) in [6.45, 7) is 12.2. The molecule has 1 amide bonds.